The first-order valence-electron chi connectivity index (χ1n) is 7.70. The highest BCUT2D eigenvalue weighted by molar-refractivity contribution is 9.10. The first-order valence-corrected chi connectivity index (χ1v) is 8.49. The summed E-state index contributed by atoms with van der Waals surface area (Å²) in [5.74, 6) is -0.722. The van der Waals surface area contributed by atoms with Gasteiger partial charge in [0.05, 0.1) is 12.1 Å². The lowest BCUT2D eigenvalue weighted by Crippen LogP contribution is -2.44. The topological polar surface area (TPSA) is 70.2 Å². The molecule has 0 aromatic heterocycles. The largest absolute Gasteiger partial charge is 0.376 e. The van der Waals surface area contributed by atoms with Crippen LogP contribution in [-0.2, 0) is 4.79 Å². The maximum Gasteiger partial charge on any atom is 0.270 e. The SMILES string of the molecule is O=C(CNc1ccc2ccccc2c1)NNC(=O)c1ccccc1Br. The second kappa shape index (κ2) is 7.81. The summed E-state index contributed by atoms with van der Waals surface area (Å²) in [6, 6.07) is 20.9. The molecule has 3 rings (SSSR count). The Balaban J connectivity index is 1.52. The van der Waals surface area contributed by atoms with Gasteiger partial charge in [-0.15, -0.1) is 0 Å². The molecule has 3 aromatic carbocycles. The Bertz CT molecular complexity index is 927. The van der Waals surface area contributed by atoms with Gasteiger partial charge >= 0.3 is 0 Å². The number of hydrogen-bond acceptors (Lipinski definition) is 3. The molecule has 5 nitrogen and oxygen atoms in total. The molecule has 0 spiro atoms. The summed E-state index contributed by atoms with van der Waals surface area (Å²) in [7, 11) is 0. The smallest absolute Gasteiger partial charge is 0.270 e. The summed E-state index contributed by atoms with van der Waals surface area (Å²) in [5.41, 5.74) is 6.08. The Morgan fingerprint density at radius 3 is 2.36 bits per heavy atom. The van der Waals surface area contributed by atoms with Crippen LogP contribution in [0.15, 0.2) is 71.2 Å². The Morgan fingerprint density at radius 1 is 0.840 bits per heavy atom. The van der Waals surface area contributed by atoms with Gasteiger partial charge in [-0.05, 0) is 51.0 Å². The van der Waals surface area contributed by atoms with Gasteiger partial charge in [0.15, 0.2) is 0 Å². The van der Waals surface area contributed by atoms with E-state index in [2.05, 4.69) is 32.1 Å². The van der Waals surface area contributed by atoms with Crippen molar-refractivity contribution < 1.29 is 9.59 Å². The van der Waals surface area contributed by atoms with Crippen molar-refractivity contribution >= 4 is 44.2 Å². The first-order chi connectivity index (χ1) is 12.1. The predicted octanol–water partition coefficient (Wildman–Crippen LogP) is 3.48. The van der Waals surface area contributed by atoms with E-state index in [1.807, 2.05) is 48.5 Å². The normalized spacial score (nSPS) is 10.3. The number of halogens is 1. The minimum atomic E-state index is -0.383. The van der Waals surface area contributed by atoms with E-state index < -0.39 is 0 Å². The van der Waals surface area contributed by atoms with E-state index >= 15 is 0 Å². The second-order valence-electron chi connectivity index (χ2n) is 5.40. The zero-order valence-corrected chi connectivity index (χ0v) is 14.8. The van der Waals surface area contributed by atoms with Crippen LogP contribution in [0, 0.1) is 0 Å². The molecule has 0 fully saturated rings. The number of hydrogen-bond donors (Lipinski definition) is 3. The van der Waals surface area contributed by atoms with Gasteiger partial charge < -0.3 is 5.32 Å². The third kappa shape index (κ3) is 4.36. The van der Waals surface area contributed by atoms with Crippen LogP contribution in [0.1, 0.15) is 10.4 Å². The van der Waals surface area contributed by atoms with Crippen molar-refractivity contribution in [1.29, 1.82) is 0 Å². The lowest BCUT2D eigenvalue weighted by Gasteiger charge is -2.10. The average molecular weight is 398 g/mol. The van der Waals surface area contributed by atoms with E-state index in [0.29, 0.717) is 10.0 Å². The number of carbonyl (C=O) groups is 2. The number of fused-ring (bicyclic) bond motifs is 1. The summed E-state index contributed by atoms with van der Waals surface area (Å²) in [4.78, 5) is 23.9. The molecule has 6 heteroatoms. The number of nitrogens with one attached hydrogen (secondary N) is 3. The predicted molar refractivity (Wildman–Crippen MR) is 102 cm³/mol. The van der Waals surface area contributed by atoms with Gasteiger partial charge in [-0.2, -0.15) is 0 Å². The number of rotatable bonds is 4. The van der Waals surface area contributed by atoms with E-state index in [-0.39, 0.29) is 18.4 Å². The molecule has 0 atom stereocenters. The van der Waals surface area contributed by atoms with Crippen molar-refractivity contribution in [3.8, 4) is 0 Å². The Hall–Kier alpha value is -2.86. The number of amides is 2. The third-order valence-corrected chi connectivity index (χ3v) is 4.33. The summed E-state index contributed by atoms with van der Waals surface area (Å²) < 4.78 is 0.663. The highest BCUT2D eigenvalue weighted by Crippen LogP contribution is 2.18. The van der Waals surface area contributed by atoms with Gasteiger partial charge in [-0.1, -0.05) is 42.5 Å². The maximum absolute atomic E-state index is 12.0. The standard InChI is InChI=1S/C19H16BrN3O2/c20-17-8-4-3-7-16(17)19(25)23-22-18(24)12-21-15-10-9-13-5-1-2-6-14(13)11-15/h1-11,21H,12H2,(H,22,24)(H,23,25). The monoisotopic (exact) mass is 397 g/mol. The molecule has 0 saturated heterocycles. The van der Waals surface area contributed by atoms with E-state index in [9.17, 15) is 9.59 Å². The van der Waals surface area contributed by atoms with Crippen molar-refractivity contribution in [3.63, 3.8) is 0 Å². The van der Waals surface area contributed by atoms with E-state index in [4.69, 9.17) is 0 Å². The van der Waals surface area contributed by atoms with Gasteiger partial charge in [-0.25, -0.2) is 0 Å². The summed E-state index contributed by atoms with van der Waals surface area (Å²) >= 11 is 3.30. The van der Waals surface area contributed by atoms with Crippen LogP contribution in [0.4, 0.5) is 5.69 Å². The van der Waals surface area contributed by atoms with Crippen molar-refractivity contribution in [2.75, 3.05) is 11.9 Å². The molecular formula is C19H16BrN3O2. The minimum Gasteiger partial charge on any atom is -0.376 e. The van der Waals surface area contributed by atoms with Crippen LogP contribution in [0.2, 0.25) is 0 Å². The van der Waals surface area contributed by atoms with Gasteiger partial charge in [-0.3, -0.25) is 20.4 Å². The van der Waals surface area contributed by atoms with Crippen LogP contribution in [0.25, 0.3) is 10.8 Å². The Kier molecular flexibility index (Phi) is 5.30. The molecule has 0 heterocycles. The lowest BCUT2D eigenvalue weighted by molar-refractivity contribution is -0.120. The average Bonchev–Trinajstić information content (AvgIpc) is 2.64. The second-order valence-corrected chi connectivity index (χ2v) is 6.25. The van der Waals surface area contributed by atoms with E-state index in [1.54, 1.807) is 18.2 Å². The number of anilines is 1. The molecule has 126 valence electrons. The van der Waals surface area contributed by atoms with Crippen LogP contribution in [0.5, 0.6) is 0 Å². The highest BCUT2D eigenvalue weighted by Gasteiger charge is 2.10. The van der Waals surface area contributed by atoms with E-state index in [0.717, 1.165) is 16.5 Å². The molecule has 0 aliphatic carbocycles. The fraction of sp³-hybridized carbons (Fsp3) is 0.0526. The maximum atomic E-state index is 12.0. The summed E-state index contributed by atoms with van der Waals surface area (Å²) in [5, 5.41) is 5.27. The molecule has 0 saturated carbocycles. The number of benzene rings is 3. The van der Waals surface area contributed by atoms with Gasteiger partial charge in [0.2, 0.25) is 0 Å². The van der Waals surface area contributed by atoms with Gasteiger partial charge in [0.1, 0.15) is 0 Å². The Labute approximate surface area is 153 Å². The third-order valence-electron chi connectivity index (χ3n) is 3.64. The number of carbonyl (C=O) groups excluding carboxylic acids is 2. The molecular weight excluding hydrogens is 382 g/mol. The molecule has 0 radical (unpaired) electrons. The molecule has 2 amide bonds. The van der Waals surface area contributed by atoms with Crippen LogP contribution >= 0.6 is 15.9 Å². The summed E-state index contributed by atoms with van der Waals surface area (Å²) in [6.45, 7) is 0.0502. The Morgan fingerprint density at radius 2 is 1.56 bits per heavy atom. The van der Waals surface area contributed by atoms with Crippen LogP contribution in [0.3, 0.4) is 0 Å². The summed E-state index contributed by atoms with van der Waals surface area (Å²) in [6.07, 6.45) is 0. The molecule has 0 unspecified atom stereocenters. The molecule has 3 aromatic rings. The molecule has 3 N–H and O–H groups in total. The molecule has 25 heavy (non-hydrogen) atoms. The number of hydrazine groups is 1. The quantitative estimate of drug-likeness (QED) is 0.590. The van der Waals surface area contributed by atoms with E-state index in [1.165, 1.54) is 0 Å². The fourth-order valence-electron chi connectivity index (χ4n) is 2.36. The fourth-order valence-corrected chi connectivity index (χ4v) is 2.83. The zero-order valence-electron chi connectivity index (χ0n) is 13.3. The van der Waals surface area contributed by atoms with Gasteiger partial charge in [0, 0.05) is 10.2 Å². The minimum absolute atomic E-state index is 0.0502. The van der Waals surface area contributed by atoms with Crippen molar-refractivity contribution in [1.82, 2.24) is 10.9 Å². The van der Waals surface area contributed by atoms with Crippen molar-refractivity contribution in [3.05, 3.63) is 76.8 Å². The molecule has 0 aliphatic heterocycles. The molecule has 0 aliphatic rings. The molecule has 0 bridgehead atoms. The van der Waals surface area contributed by atoms with Crippen molar-refractivity contribution in [2.45, 2.75) is 0 Å². The highest BCUT2D eigenvalue weighted by atomic mass is 79.9. The van der Waals surface area contributed by atoms with Crippen molar-refractivity contribution in [2.24, 2.45) is 0 Å². The van der Waals surface area contributed by atoms with Crippen LogP contribution < -0.4 is 16.2 Å². The first kappa shape index (κ1) is 17.0. The zero-order chi connectivity index (χ0) is 17.6. The van der Waals surface area contributed by atoms with Crippen LogP contribution in [-0.4, -0.2) is 18.4 Å². The van der Waals surface area contributed by atoms with Gasteiger partial charge in [0.25, 0.3) is 11.8 Å². The lowest BCUT2D eigenvalue weighted by atomic mass is 10.1.